The summed E-state index contributed by atoms with van der Waals surface area (Å²) in [5.74, 6) is -1.08. The van der Waals surface area contributed by atoms with Gasteiger partial charge in [0.1, 0.15) is 5.60 Å². The van der Waals surface area contributed by atoms with E-state index >= 15 is 0 Å². The van der Waals surface area contributed by atoms with E-state index in [-0.39, 0.29) is 36.7 Å². The molecule has 0 radical (unpaired) electrons. The average Bonchev–Trinajstić information content (AvgIpc) is 2.61. The molecule has 1 aliphatic carbocycles. The van der Waals surface area contributed by atoms with Crippen molar-refractivity contribution in [3.8, 4) is 0 Å². The van der Waals surface area contributed by atoms with Crippen LogP contribution in [0, 0.1) is 5.92 Å². The summed E-state index contributed by atoms with van der Waals surface area (Å²) in [5.41, 5.74) is 0.728. The van der Waals surface area contributed by atoms with Gasteiger partial charge in [0.25, 0.3) is 0 Å². The van der Waals surface area contributed by atoms with Gasteiger partial charge >= 0.3 is 5.97 Å². The first-order valence-electron chi connectivity index (χ1n) is 9.70. The van der Waals surface area contributed by atoms with Crippen molar-refractivity contribution in [2.75, 3.05) is 6.61 Å². The molecule has 0 aromatic rings. The summed E-state index contributed by atoms with van der Waals surface area (Å²) in [5, 5.41) is 21.2. The lowest BCUT2D eigenvalue weighted by molar-refractivity contribution is -0.139. The summed E-state index contributed by atoms with van der Waals surface area (Å²) in [7, 11) is 0. The number of carbonyl (C=O) groups excluding carboxylic acids is 2. The number of hydrogen-bond donors (Lipinski definition) is 2. The van der Waals surface area contributed by atoms with Crippen LogP contribution in [-0.2, 0) is 14.3 Å². The Morgan fingerprint density at radius 1 is 1.33 bits per heavy atom. The highest BCUT2D eigenvalue weighted by Gasteiger charge is 2.32. The van der Waals surface area contributed by atoms with Crippen molar-refractivity contribution < 1.29 is 24.5 Å². The fourth-order valence-electron chi connectivity index (χ4n) is 3.14. The zero-order valence-corrected chi connectivity index (χ0v) is 17.1. The molecule has 27 heavy (non-hydrogen) atoms. The van der Waals surface area contributed by atoms with Gasteiger partial charge in [-0.1, -0.05) is 24.3 Å². The SMILES string of the molecule is C=C(C(=O)OCC)[C@@H]1CC[C@@](C)(O)C(=O)CC/C(C)=C/C/C=C(\C)[C@H](O)C1. The van der Waals surface area contributed by atoms with Gasteiger partial charge in [-0.05, 0) is 71.3 Å². The molecule has 0 aromatic heterocycles. The molecule has 0 heterocycles. The first kappa shape index (κ1) is 23.3. The number of aliphatic hydroxyl groups is 2. The third-order valence-electron chi connectivity index (χ3n) is 5.30. The van der Waals surface area contributed by atoms with E-state index in [1.807, 2.05) is 26.0 Å². The number of hydrogen-bond acceptors (Lipinski definition) is 5. The van der Waals surface area contributed by atoms with E-state index in [2.05, 4.69) is 6.58 Å². The summed E-state index contributed by atoms with van der Waals surface area (Å²) >= 11 is 0. The quantitative estimate of drug-likeness (QED) is 0.445. The van der Waals surface area contributed by atoms with Crippen LogP contribution in [0.4, 0.5) is 0 Å². The lowest BCUT2D eigenvalue weighted by atomic mass is 9.82. The highest BCUT2D eigenvalue weighted by molar-refractivity contribution is 5.88. The Balaban J connectivity index is 3.10. The molecule has 0 saturated carbocycles. The van der Waals surface area contributed by atoms with Crippen molar-refractivity contribution in [3.63, 3.8) is 0 Å². The van der Waals surface area contributed by atoms with E-state index in [0.717, 1.165) is 11.1 Å². The smallest absolute Gasteiger partial charge is 0.333 e. The summed E-state index contributed by atoms with van der Waals surface area (Å²) < 4.78 is 5.04. The van der Waals surface area contributed by atoms with Crippen LogP contribution in [0.5, 0.6) is 0 Å². The van der Waals surface area contributed by atoms with Crippen LogP contribution >= 0.6 is 0 Å². The average molecular weight is 379 g/mol. The second-order valence-electron chi connectivity index (χ2n) is 7.66. The molecule has 0 saturated heterocycles. The molecule has 1 aliphatic rings. The van der Waals surface area contributed by atoms with Crippen LogP contribution in [0.3, 0.4) is 0 Å². The van der Waals surface area contributed by atoms with Gasteiger partial charge in [-0.3, -0.25) is 4.79 Å². The minimum atomic E-state index is -1.46. The van der Waals surface area contributed by atoms with Gasteiger partial charge < -0.3 is 14.9 Å². The number of ketones is 1. The molecule has 0 aliphatic heterocycles. The first-order chi connectivity index (χ1) is 12.6. The second-order valence-corrected chi connectivity index (χ2v) is 7.66. The van der Waals surface area contributed by atoms with Gasteiger partial charge in [-0.2, -0.15) is 0 Å². The Morgan fingerprint density at radius 3 is 2.63 bits per heavy atom. The zero-order chi connectivity index (χ0) is 20.6. The number of ether oxygens (including phenoxy) is 1. The summed E-state index contributed by atoms with van der Waals surface area (Å²) in [6.07, 6.45) is 5.69. The number of aliphatic hydroxyl groups excluding tert-OH is 1. The molecule has 5 nitrogen and oxygen atoms in total. The molecule has 1 rings (SSSR count). The lowest BCUT2D eigenvalue weighted by Crippen LogP contribution is -2.36. The van der Waals surface area contributed by atoms with Crippen molar-refractivity contribution in [2.45, 2.75) is 77.9 Å². The predicted octanol–water partition coefficient (Wildman–Crippen LogP) is 3.65. The largest absolute Gasteiger partial charge is 0.463 e. The molecule has 0 unspecified atom stereocenters. The van der Waals surface area contributed by atoms with Gasteiger partial charge in [-0.25, -0.2) is 4.79 Å². The molecule has 0 bridgehead atoms. The topological polar surface area (TPSA) is 83.8 Å². The fourth-order valence-corrected chi connectivity index (χ4v) is 3.14. The molecule has 2 N–H and O–H groups in total. The van der Waals surface area contributed by atoms with Gasteiger partial charge in [0, 0.05) is 12.0 Å². The van der Waals surface area contributed by atoms with Gasteiger partial charge in [-0.15, -0.1) is 0 Å². The Hall–Kier alpha value is -1.72. The lowest BCUT2D eigenvalue weighted by Gasteiger charge is -2.27. The fraction of sp³-hybridized carbons (Fsp3) is 0.636. The monoisotopic (exact) mass is 378 g/mol. The maximum Gasteiger partial charge on any atom is 0.333 e. The van der Waals surface area contributed by atoms with Crippen LogP contribution < -0.4 is 0 Å². The van der Waals surface area contributed by atoms with E-state index in [9.17, 15) is 19.8 Å². The second kappa shape index (κ2) is 10.6. The standard InChI is InChI=1S/C22H34O5/c1-6-27-21(25)17(4)18-12-13-22(5,26)20(24)11-10-15(2)8-7-9-16(3)19(23)14-18/h8-9,18-19,23,26H,4,6-7,10-14H2,1-3,5H3/b15-8+,16-9+/t18-,19-,22-/m1/s1. The van der Waals surface area contributed by atoms with Crippen LogP contribution in [0.25, 0.3) is 0 Å². The van der Waals surface area contributed by atoms with Crippen molar-refractivity contribution >= 4 is 11.8 Å². The Kier molecular flexibility index (Phi) is 9.13. The van der Waals surface area contributed by atoms with Crippen molar-refractivity contribution in [1.29, 1.82) is 0 Å². The highest BCUT2D eigenvalue weighted by Crippen LogP contribution is 2.29. The summed E-state index contributed by atoms with van der Waals surface area (Å²) in [6.45, 7) is 11.2. The third kappa shape index (κ3) is 7.43. The molecule has 152 valence electrons. The van der Waals surface area contributed by atoms with Crippen molar-refractivity contribution in [3.05, 3.63) is 35.5 Å². The number of Topliss-reactive ketones (excluding diaryl/α,β-unsaturated/α-hetero) is 1. The normalized spacial score (nSPS) is 32.4. The van der Waals surface area contributed by atoms with Crippen molar-refractivity contribution in [2.24, 2.45) is 5.92 Å². The molecule has 0 aromatic carbocycles. The van der Waals surface area contributed by atoms with E-state index in [1.165, 1.54) is 6.92 Å². The number of allylic oxidation sites excluding steroid dienone is 3. The predicted molar refractivity (Wildman–Crippen MR) is 106 cm³/mol. The highest BCUT2D eigenvalue weighted by atomic mass is 16.5. The molecule has 0 spiro atoms. The number of carbonyl (C=O) groups is 2. The molecular weight excluding hydrogens is 344 g/mol. The minimum Gasteiger partial charge on any atom is -0.463 e. The maximum absolute atomic E-state index is 12.4. The van der Waals surface area contributed by atoms with Gasteiger partial charge in [0.2, 0.25) is 0 Å². The Bertz CT molecular complexity index is 612. The van der Waals surface area contributed by atoms with E-state index in [4.69, 9.17) is 4.74 Å². The van der Waals surface area contributed by atoms with Crippen LogP contribution in [-0.4, -0.2) is 40.3 Å². The summed E-state index contributed by atoms with van der Waals surface area (Å²) in [6, 6.07) is 0. The van der Waals surface area contributed by atoms with Gasteiger partial charge in [0.15, 0.2) is 5.78 Å². The molecule has 3 atom stereocenters. The zero-order valence-electron chi connectivity index (χ0n) is 17.1. The van der Waals surface area contributed by atoms with Crippen molar-refractivity contribution in [1.82, 2.24) is 0 Å². The van der Waals surface area contributed by atoms with Gasteiger partial charge in [0.05, 0.1) is 12.7 Å². The number of rotatable bonds is 3. The Morgan fingerprint density at radius 2 is 2.00 bits per heavy atom. The van der Waals surface area contributed by atoms with E-state index in [0.29, 0.717) is 25.7 Å². The minimum absolute atomic E-state index is 0.202. The molecule has 0 fully saturated rings. The number of esters is 1. The van der Waals surface area contributed by atoms with Crippen LogP contribution in [0.1, 0.15) is 66.2 Å². The Labute approximate surface area is 162 Å². The molecular formula is C22H34O5. The summed E-state index contributed by atoms with van der Waals surface area (Å²) in [4.78, 5) is 24.5. The third-order valence-corrected chi connectivity index (χ3v) is 5.30. The molecule has 5 heteroatoms. The van der Waals surface area contributed by atoms with E-state index in [1.54, 1.807) is 6.92 Å². The van der Waals surface area contributed by atoms with Crippen LogP contribution in [0.15, 0.2) is 35.5 Å². The van der Waals surface area contributed by atoms with E-state index < -0.39 is 17.7 Å². The van der Waals surface area contributed by atoms with Crippen LogP contribution in [0.2, 0.25) is 0 Å². The first-order valence-corrected chi connectivity index (χ1v) is 9.70. The maximum atomic E-state index is 12.4. The molecule has 0 amide bonds.